The molecule has 1 heterocycles. The molecular weight excluding hydrogens is 652 g/mol. The average Bonchev–Trinajstić information content (AvgIpc) is 3.85. The van der Waals surface area contributed by atoms with E-state index >= 15 is 0 Å². The van der Waals surface area contributed by atoms with Gasteiger partial charge in [-0.25, -0.2) is 0 Å². The standard InChI is InChI=1S/C39H52N6O4.ClH/c1-44(2)33-18-10-8-16-30(33)41-35(46)28-19-20-29(24-28)40-36(47)31(23-26-13-5-4-6-14-26)42-38(49)39(21-11-12-22-39)43-37(48)34-25-27-15-7-9-17-32(27)45(34)3;/h4-7,9,13-15,17,25,28-31,33H,8,10-12,16,18-24H2,1-3H3,(H,40,47)(H,41,46)(H,42,49)(H,43,48);1H/t28-,29+,30+,31-,33+;/m1./s1. The average molecular weight is 705 g/mol. The number of carbonyl (C=O) groups excluding carboxylic acids is 4. The zero-order valence-electron chi connectivity index (χ0n) is 29.6. The molecule has 3 aromatic rings. The van der Waals surface area contributed by atoms with Gasteiger partial charge in [-0.2, -0.15) is 0 Å². The number of nitrogens with zero attached hydrogens (tertiary/aromatic N) is 2. The van der Waals surface area contributed by atoms with Crippen molar-refractivity contribution in [2.75, 3.05) is 14.1 Å². The number of para-hydroxylation sites is 1. The quantitative estimate of drug-likeness (QED) is 0.232. The van der Waals surface area contributed by atoms with E-state index in [9.17, 15) is 19.2 Å². The van der Waals surface area contributed by atoms with E-state index in [1.165, 1.54) is 6.42 Å². The normalized spacial score (nSPS) is 23.5. The highest BCUT2D eigenvalue weighted by atomic mass is 35.5. The topological polar surface area (TPSA) is 125 Å². The third-order valence-electron chi connectivity index (χ3n) is 11.2. The number of carbonyl (C=O) groups is 4. The number of hydrogen-bond acceptors (Lipinski definition) is 5. The van der Waals surface area contributed by atoms with Crippen LogP contribution in [0.5, 0.6) is 0 Å². The van der Waals surface area contributed by atoms with Gasteiger partial charge in [-0.15, -0.1) is 12.4 Å². The Morgan fingerprint density at radius 3 is 2.30 bits per heavy atom. The molecule has 4 N–H and O–H groups in total. The largest absolute Gasteiger partial charge is 0.352 e. The molecule has 11 heteroatoms. The Labute approximate surface area is 301 Å². The number of hydrogen-bond donors (Lipinski definition) is 4. The summed E-state index contributed by atoms with van der Waals surface area (Å²) in [6.45, 7) is 0. The van der Waals surface area contributed by atoms with Crippen LogP contribution in [0.15, 0.2) is 60.7 Å². The van der Waals surface area contributed by atoms with E-state index < -0.39 is 11.6 Å². The number of nitrogens with one attached hydrogen (secondary N) is 4. The molecule has 270 valence electrons. The molecule has 3 saturated carbocycles. The molecule has 4 amide bonds. The summed E-state index contributed by atoms with van der Waals surface area (Å²) in [6.07, 6.45) is 9.33. The molecule has 10 nitrogen and oxygen atoms in total. The Bertz CT molecular complexity index is 1650. The second-order valence-corrected chi connectivity index (χ2v) is 14.8. The molecule has 3 aliphatic carbocycles. The van der Waals surface area contributed by atoms with Crippen LogP contribution in [0, 0.1) is 5.92 Å². The second kappa shape index (κ2) is 16.4. The number of halogens is 1. The fraction of sp³-hybridized carbons (Fsp3) is 0.538. The molecule has 50 heavy (non-hydrogen) atoms. The number of likely N-dealkylation sites (N-methyl/N-ethyl adjacent to an activating group) is 1. The molecule has 1 aromatic heterocycles. The minimum absolute atomic E-state index is 0. The van der Waals surface area contributed by atoms with Crippen molar-refractivity contribution in [3.05, 3.63) is 71.9 Å². The van der Waals surface area contributed by atoms with Gasteiger partial charge in [0.25, 0.3) is 5.91 Å². The highest BCUT2D eigenvalue weighted by Crippen LogP contribution is 2.32. The maximum atomic E-state index is 14.2. The maximum absolute atomic E-state index is 14.2. The number of rotatable bonds is 11. The molecule has 3 aliphatic rings. The van der Waals surface area contributed by atoms with Crippen molar-refractivity contribution in [1.82, 2.24) is 30.7 Å². The summed E-state index contributed by atoms with van der Waals surface area (Å²) in [5, 5.41) is 13.6. The zero-order chi connectivity index (χ0) is 34.5. The van der Waals surface area contributed by atoms with Gasteiger partial charge in [-0.3, -0.25) is 19.2 Å². The molecule has 0 aliphatic heterocycles. The summed E-state index contributed by atoms with van der Waals surface area (Å²) in [7, 11) is 6.01. The summed E-state index contributed by atoms with van der Waals surface area (Å²) in [4.78, 5) is 57.3. The smallest absolute Gasteiger partial charge is 0.268 e. The van der Waals surface area contributed by atoms with Crippen molar-refractivity contribution < 1.29 is 19.2 Å². The first-order valence-electron chi connectivity index (χ1n) is 18.1. The van der Waals surface area contributed by atoms with Crippen LogP contribution < -0.4 is 21.3 Å². The second-order valence-electron chi connectivity index (χ2n) is 14.8. The van der Waals surface area contributed by atoms with Crippen LogP contribution in [0.4, 0.5) is 0 Å². The third-order valence-corrected chi connectivity index (χ3v) is 11.2. The van der Waals surface area contributed by atoms with Gasteiger partial charge < -0.3 is 30.7 Å². The van der Waals surface area contributed by atoms with Gasteiger partial charge in [-0.1, -0.05) is 74.2 Å². The van der Waals surface area contributed by atoms with Crippen LogP contribution in [0.3, 0.4) is 0 Å². The van der Waals surface area contributed by atoms with Crippen molar-refractivity contribution in [2.45, 2.75) is 107 Å². The first kappa shape index (κ1) is 37.4. The number of aryl methyl sites for hydroxylation is 1. The molecule has 5 atom stereocenters. The Morgan fingerprint density at radius 2 is 1.58 bits per heavy atom. The lowest BCUT2D eigenvalue weighted by Gasteiger charge is -2.37. The summed E-state index contributed by atoms with van der Waals surface area (Å²) < 4.78 is 1.85. The molecule has 0 saturated heterocycles. The monoisotopic (exact) mass is 704 g/mol. The fourth-order valence-corrected chi connectivity index (χ4v) is 8.38. The number of benzene rings is 2. The maximum Gasteiger partial charge on any atom is 0.268 e. The molecule has 3 fully saturated rings. The van der Waals surface area contributed by atoms with E-state index in [-0.39, 0.29) is 54.0 Å². The van der Waals surface area contributed by atoms with E-state index in [0.717, 1.165) is 55.0 Å². The van der Waals surface area contributed by atoms with Gasteiger partial charge in [0.1, 0.15) is 17.3 Å². The molecule has 0 bridgehead atoms. The van der Waals surface area contributed by atoms with Crippen molar-refractivity contribution in [1.29, 1.82) is 0 Å². The molecule has 6 rings (SSSR count). The van der Waals surface area contributed by atoms with Crippen LogP contribution in [0.2, 0.25) is 0 Å². The Balaban J connectivity index is 0.00000486. The van der Waals surface area contributed by atoms with E-state index in [1.54, 1.807) is 0 Å². The van der Waals surface area contributed by atoms with E-state index in [2.05, 4.69) is 40.3 Å². The van der Waals surface area contributed by atoms with Gasteiger partial charge in [0, 0.05) is 48.4 Å². The highest BCUT2D eigenvalue weighted by molar-refractivity contribution is 6.02. The number of fused-ring (bicyclic) bond motifs is 1. The Hall–Kier alpha value is -3.89. The molecule has 0 unspecified atom stereocenters. The van der Waals surface area contributed by atoms with Crippen LogP contribution in [-0.4, -0.2) is 76.9 Å². The van der Waals surface area contributed by atoms with E-state index in [0.29, 0.717) is 43.8 Å². The number of amides is 4. The molecule has 0 spiro atoms. The summed E-state index contributed by atoms with van der Waals surface area (Å²) >= 11 is 0. The van der Waals surface area contributed by atoms with Gasteiger partial charge >= 0.3 is 0 Å². The lowest BCUT2D eigenvalue weighted by atomic mass is 9.89. The number of aromatic nitrogens is 1. The Morgan fingerprint density at radius 1 is 0.880 bits per heavy atom. The fourth-order valence-electron chi connectivity index (χ4n) is 8.38. The summed E-state index contributed by atoms with van der Waals surface area (Å²) in [5.41, 5.74) is 1.24. The predicted molar refractivity (Wildman–Crippen MR) is 198 cm³/mol. The predicted octanol–water partition coefficient (Wildman–Crippen LogP) is 4.64. The van der Waals surface area contributed by atoms with Crippen molar-refractivity contribution in [2.24, 2.45) is 13.0 Å². The third kappa shape index (κ3) is 8.35. The molecule has 2 aromatic carbocycles. The summed E-state index contributed by atoms with van der Waals surface area (Å²) in [6, 6.07) is 18.8. The van der Waals surface area contributed by atoms with Crippen molar-refractivity contribution in [3.63, 3.8) is 0 Å². The van der Waals surface area contributed by atoms with Crippen LogP contribution in [0.25, 0.3) is 10.9 Å². The first-order valence-corrected chi connectivity index (χ1v) is 18.1. The lowest BCUT2D eigenvalue weighted by Crippen LogP contribution is -2.61. The van der Waals surface area contributed by atoms with Crippen molar-refractivity contribution >= 4 is 46.9 Å². The van der Waals surface area contributed by atoms with Gasteiger partial charge in [0.05, 0.1) is 0 Å². The van der Waals surface area contributed by atoms with Gasteiger partial charge in [-0.05, 0) is 76.7 Å². The van der Waals surface area contributed by atoms with E-state index in [1.807, 2.05) is 72.3 Å². The SMILES string of the molecule is CN(C)[C@H]1CCCC[C@@H]1NC(=O)[C@@H]1CC[C@H](NC(=O)[C@@H](Cc2ccccc2)NC(=O)C2(NC(=O)c3cc4ccccc4n3C)CCCC2)C1.Cl. The Kier molecular flexibility index (Phi) is 12.3. The minimum Gasteiger partial charge on any atom is -0.352 e. The lowest BCUT2D eigenvalue weighted by molar-refractivity contribution is -0.132. The van der Waals surface area contributed by atoms with Gasteiger partial charge in [0.15, 0.2) is 0 Å². The van der Waals surface area contributed by atoms with Crippen molar-refractivity contribution in [3.8, 4) is 0 Å². The minimum atomic E-state index is -1.11. The molecule has 0 radical (unpaired) electrons. The van der Waals surface area contributed by atoms with Gasteiger partial charge in [0.2, 0.25) is 17.7 Å². The zero-order valence-corrected chi connectivity index (χ0v) is 30.4. The molecular formula is C39H53ClN6O4. The first-order chi connectivity index (χ1) is 23.6. The van der Waals surface area contributed by atoms with E-state index in [4.69, 9.17) is 0 Å². The summed E-state index contributed by atoms with van der Waals surface area (Å²) in [5.74, 6) is -0.977. The van der Waals surface area contributed by atoms with Crippen LogP contribution in [0.1, 0.15) is 86.7 Å². The highest BCUT2D eigenvalue weighted by Gasteiger charge is 2.44. The van der Waals surface area contributed by atoms with Crippen LogP contribution >= 0.6 is 12.4 Å². The van der Waals surface area contributed by atoms with Crippen LogP contribution in [-0.2, 0) is 27.9 Å².